The highest BCUT2D eigenvalue weighted by Gasteiger charge is 2.31. The number of halogens is 1. The molecule has 0 aromatic heterocycles. The first-order valence-corrected chi connectivity index (χ1v) is 6.97. The lowest BCUT2D eigenvalue weighted by Crippen LogP contribution is -2.37. The molecule has 4 nitrogen and oxygen atoms in total. The van der Waals surface area contributed by atoms with Crippen LogP contribution in [0.25, 0.3) is 0 Å². The van der Waals surface area contributed by atoms with Crippen molar-refractivity contribution in [3.63, 3.8) is 0 Å². The number of amides is 2. The number of carbonyl (C=O) groups excluding carboxylic acids is 2. The molecule has 112 valence electrons. The van der Waals surface area contributed by atoms with E-state index in [-0.39, 0.29) is 18.4 Å². The predicted molar refractivity (Wildman–Crippen MR) is 80.7 cm³/mol. The quantitative estimate of drug-likeness (QED) is 0.880. The maximum absolute atomic E-state index is 13.7. The van der Waals surface area contributed by atoms with Gasteiger partial charge in [-0.25, -0.2) is 4.39 Å². The van der Waals surface area contributed by atoms with E-state index in [4.69, 9.17) is 0 Å². The first-order valence-electron chi connectivity index (χ1n) is 6.97. The van der Waals surface area contributed by atoms with E-state index in [1.165, 1.54) is 30.0 Å². The molecule has 0 unspecified atom stereocenters. The maximum Gasteiger partial charge on any atom is 0.244 e. The molecule has 0 saturated carbocycles. The van der Waals surface area contributed by atoms with Crippen molar-refractivity contribution >= 4 is 17.5 Å². The van der Waals surface area contributed by atoms with Gasteiger partial charge in [0.25, 0.3) is 0 Å². The number of benzene rings is 2. The van der Waals surface area contributed by atoms with Gasteiger partial charge in [-0.2, -0.15) is 0 Å². The molecule has 0 fully saturated rings. The molecule has 3 rings (SSSR count). The minimum atomic E-state index is -0.497. The molecule has 1 atom stereocenters. The fourth-order valence-electron chi connectivity index (χ4n) is 2.77. The summed E-state index contributed by atoms with van der Waals surface area (Å²) in [6.07, 6.45) is 0. The zero-order valence-electron chi connectivity index (χ0n) is 12.0. The number of hydrogen-bond donors (Lipinski definition) is 1. The van der Waals surface area contributed by atoms with Gasteiger partial charge in [-0.15, -0.1) is 0 Å². The highest BCUT2D eigenvalue weighted by atomic mass is 19.1. The average molecular weight is 298 g/mol. The highest BCUT2D eigenvalue weighted by Crippen LogP contribution is 2.36. The standard InChI is InChI=1S/C17H15FN2O2/c1-11(21)20-10-16(22)19-15-8-7-13(18)9-14(15)17(20)12-5-3-2-4-6-12/h2-9,17H,10H2,1H3,(H,19,22)/t17-/m1/s1. The first kappa shape index (κ1) is 14.3. The molecule has 1 heterocycles. The highest BCUT2D eigenvalue weighted by molar-refractivity contribution is 5.96. The Hall–Kier alpha value is -2.69. The Bertz CT molecular complexity index is 731. The Kier molecular flexibility index (Phi) is 3.63. The summed E-state index contributed by atoms with van der Waals surface area (Å²) >= 11 is 0. The van der Waals surface area contributed by atoms with E-state index in [2.05, 4.69) is 5.32 Å². The van der Waals surface area contributed by atoms with Crippen LogP contribution >= 0.6 is 0 Å². The van der Waals surface area contributed by atoms with Gasteiger partial charge in [0.2, 0.25) is 11.8 Å². The van der Waals surface area contributed by atoms with Crippen molar-refractivity contribution < 1.29 is 14.0 Å². The molecule has 22 heavy (non-hydrogen) atoms. The Balaban J connectivity index is 2.22. The van der Waals surface area contributed by atoms with E-state index in [0.29, 0.717) is 11.3 Å². The predicted octanol–water partition coefficient (Wildman–Crippen LogP) is 2.72. The second kappa shape index (κ2) is 5.60. The number of anilines is 1. The summed E-state index contributed by atoms with van der Waals surface area (Å²) in [5, 5.41) is 2.73. The molecule has 1 aliphatic heterocycles. The number of nitrogens with zero attached hydrogens (tertiary/aromatic N) is 1. The van der Waals surface area contributed by atoms with Crippen LogP contribution in [-0.4, -0.2) is 23.3 Å². The van der Waals surface area contributed by atoms with Crippen LogP contribution in [-0.2, 0) is 9.59 Å². The van der Waals surface area contributed by atoms with Crippen LogP contribution in [0.2, 0.25) is 0 Å². The SMILES string of the molecule is CC(=O)N1CC(=O)Nc2ccc(F)cc2[C@H]1c1ccccc1. The number of fused-ring (bicyclic) bond motifs is 1. The van der Waals surface area contributed by atoms with Gasteiger partial charge in [0.05, 0.1) is 6.04 Å². The molecular weight excluding hydrogens is 283 g/mol. The lowest BCUT2D eigenvalue weighted by Gasteiger charge is -2.29. The molecule has 5 heteroatoms. The lowest BCUT2D eigenvalue weighted by atomic mass is 9.96. The summed E-state index contributed by atoms with van der Waals surface area (Å²) in [6.45, 7) is 1.35. The zero-order chi connectivity index (χ0) is 15.7. The fraction of sp³-hybridized carbons (Fsp3) is 0.176. The van der Waals surface area contributed by atoms with Crippen LogP contribution in [0.3, 0.4) is 0 Å². The van der Waals surface area contributed by atoms with Gasteiger partial charge in [-0.05, 0) is 23.8 Å². The largest absolute Gasteiger partial charge is 0.324 e. The molecule has 1 N–H and O–H groups in total. The maximum atomic E-state index is 13.7. The lowest BCUT2D eigenvalue weighted by molar-refractivity contribution is -0.134. The third kappa shape index (κ3) is 2.57. The van der Waals surface area contributed by atoms with E-state index in [1.54, 1.807) is 0 Å². The van der Waals surface area contributed by atoms with Crippen LogP contribution in [0, 0.1) is 5.82 Å². The zero-order valence-corrected chi connectivity index (χ0v) is 12.0. The average Bonchev–Trinajstić information content (AvgIpc) is 2.64. The van der Waals surface area contributed by atoms with Gasteiger partial charge in [0.1, 0.15) is 12.4 Å². The van der Waals surface area contributed by atoms with Crippen molar-refractivity contribution in [1.29, 1.82) is 0 Å². The Morgan fingerprint density at radius 3 is 2.64 bits per heavy atom. The van der Waals surface area contributed by atoms with Crippen LogP contribution in [0.15, 0.2) is 48.5 Å². The van der Waals surface area contributed by atoms with Crippen molar-refractivity contribution in [1.82, 2.24) is 4.90 Å². The number of carbonyl (C=O) groups is 2. The number of hydrogen-bond acceptors (Lipinski definition) is 2. The van der Waals surface area contributed by atoms with Gasteiger partial charge in [0, 0.05) is 18.2 Å². The molecule has 0 aliphatic carbocycles. The number of rotatable bonds is 1. The van der Waals surface area contributed by atoms with Gasteiger partial charge in [0.15, 0.2) is 0 Å². The summed E-state index contributed by atoms with van der Waals surface area (Å²) in [5.74, 6) is -0.929. The molecule has 0 bridgehead atoms. The van der Waals surface area contributed by atoms with E-state index >= 15 is 0 Å². The van der Waals surface area contributed by atoms with Gasteiger partial charge < -0.3 is 10.2 Å². The van der Waals surface area contributed by atoms with Gasteiger partial charge in [-0.3, -0.25) is 9.59 Å². The van der Waals surface area contributed by atoms with Crippen molar-refractivity contribution in [2.75, 3.05) is 11.9 Å². The van der Waals surface area contributed by atoms with E-state index in [1.807, 2.05) is 30.3 Å². The summed E-state index contributed by atoms with van der Waals surface area (Å²) in [4.78, 5) is 25.5. The van der Waals surface area contributed by atoms with Crippen LogP contribution < -0.4 is 5.32 Å². The van der Waals surface area contributed by atoms with Crippen LogP contribution in [0.4, 0.5) is 10.1 Å². The third-order valence-corrected chi connectivity index (χ3v) is 3.73. The fourth-order valence-corrected chi connectivity index (χ4v) is 2.77. The van der Waals surface area contributed by atoms with Gasteiger partial charge >= 0.3 is 0 Å². The summed E-state index contributed by atoms with van der Waals surface area (Å²) in [5.41, 5.74) is 1.94. The molecule has 2 amide bonds. The molecule has 2 aromatic carbocycles. The van der Waals surface area contributed by atoms with E-state index in [0.717, 1.165) is 5.56 Å². The normalized spacial score (nSPS) is 17.5. The van der Waals surface area contributed by atoms with Crippen molar-refractivity contribution in [2.45, 2.75) is 13.0 Å². The van der Waals surface area contributed by atoms with Crippen molar-refractivity contribution in [3.05, 3.63) is 65.5 Å². The summed E-state index contributed by atoms with van der Waals surface area (Å²) in [7, 11) is 0. The third-order valence-electron chi connectivity index (χ3n) is 3.73. The smallest absolute Gasteiger partial charge is 0.244 e. The molecule has 0 saturated heterocycles. The van der Waals surface area contributed by atoms with E-state index < -0.39 is 11.9 Å². The molecular formula is C17H15FN2O2. The van der Waals surface area contributed by atoms with E-state index in [9.17, 15) is 14.0 Å². The second-order valence-corrected chi connectivity index (χ2v) is 5.24. The minimum absolute atomic E-state index is 0.0643. The Labute approximate surface area is 127 Å². The Morgan fingerprint density at radius 2 is 1.95 bits per heavy atom. The van der Waals surface area contributed by atoms with Crippen LogP contribution in [0.5, 0.6) is 0 Å². The first-order chi connectivity index (χ1) is 10.6. The second-order valence-electron chi connectivity index (χ2n) is 5.24. The van der Waals surface area contributed by atoms with Crippen molar-refractivity contribution in [3.8, 4) is 0 Å². The van der Waals surface area contributed by atoms with Crippen LogP contribution in [0.1, 0.15) is 24.1 Å². The Morgan fingerprint density at radius 1 is 1.23 bits per heavy atom. The summed E-state index contributed by atoms with van der Waals surface area (Å²) in [6, 6.07) is 13.0. The van der Waals surface area contributed by atoms with Crippen molar-refractivity contribution in [2.24, 2.45) is 0 Å². The monoisotopic (exact) mass is 298 g/mol. The molecule has 0 spiro atoms. The summed E-state index contributed by atoms with van der Waals surface area (Å²) < 4.78 is 13.7. The van der Waals surface area contributed by atoms with Gasteiger partial charge in [-0.1, -0.05) is 30.3 Å². The molecule has 0 radical (unpaired) electrons. The number of nitrogens with one attached hydrogen (secondary N) is 1. The minimum Gasteiger partial charge on any atom is -0.324 e. The molecule has 2 aromatic rings. The topological polar surface area (TPSA) is 49.4 Å². The molecule has 1 aliphatic rings.